The first-order valence-corrected chi connectivity index (χ1v) is 9.91. The Hall–Kier alpha value is -2.59. The zero-order valence-electron chi connectivity index (χ0n) is 15.6. The molecule has 0 aliphatic rings. The first kappa shape index (κ1) is 16.6. The summed E-state index contributed by atoms with van der Waals surface area (Å²) in [5.74, 6) is 0.940. The smallest absolute Gasteiger partial charge is 0.220 e. The molecule has 0 amide bonds. The van der Waals surface area contributed by atoms with E-state index < -0.39 is 0 Å². The second-order valence-corrected chi connectivity index (χ2v) is 8.92. The lowest BCUT2D eigenvalue weighted by Gasteiger charge is -2.19. The van der Waals surface area contributed by atoms with E-state index in [9.17, 15) is 0 Å². The van der Waals surface area contributed by atoms with Crippen molar-refractivity contribution in [2.24, 2.45) is 0 Å². The molecule has 5 rings (SSSR count). The molecule has 0 saturated heterocycles. The Morgan fingerprint density at radius 3 is 2.41 bits per heavy atom. The van der Waals surface area contributed by atoms with Gasteiger partial charge in [0.15, 0.2) is 0 Å². The Labute approximate surface area is 166 Å². The molecule has 0 bridgehead atoms. The molecule has 27 heavy (non-hydrogen) atoms. The Balaban J connectivity index is 1.98. The van der Waals surface area contributed by atoms with Gasteiger partial charge in [0.2, 0.25) is 5.78 Å². The van der Waals surface area contributed by atoms with Crippen LogP contribution in [0.4, 0.5) is 0 Å². The van der Waals surface area contributed by atoms with Crippen LogP contribution in [0.5, 0.6) is 0 Å². The Morgan fingerprint density at radius 2 is 1.63 bits per heavy atom. The van der Waals surface area contributed by atoms with Gasteiger partial charge in [-0.15, -0.1) is 0 Å². The van der Waals surface area contributed by atoms with Crippen molar-refractivity contribution in [3.63, 3.8) is 0 Å². The van der Waals surface area contributed by atoms with Gasteiger partial charge in [0.1, 0.15) is 0 Å². The molecule has 3 aromatic carbocycles. The standard InChI is InChI=1S/C23H20BrN3/c1-23(2,3)15-11-12-20-21(13-15)26(17-8-6-7-16(24)14-17)22-25-18-9-4-5-10-19(18)27(20)22/h4-14H,1-3H3. The van der Waals surface area contributed by atoms with Crippen LogP contribution in [0.2, 0.25) is 0 Å². The molecule has 5 aromatic rings. The summed E-state index contributed by atoms with van der Waals surface area (Å²) >= 11 is 3.62. The number of imidazole rings is 2. The normalized spacial score (nSPS) is 12.4. The van der Waals surface area contributed by atoms with Gasteiger partial charge in [-0.05, 0) is 53.4 Å². The van der Waals surface area contributed by atoms with Crippen LogP contribution >= 0.6 is 15.9 Å². The average molecular weight is 418 g/mol. The molecule has 0 radical (unpaired) electrons. The molecule has 0 N–H and O–H groups in total. The van der Waals surface area contributed by atoms with E-state index in [1.807, 2.05) is 6.07 Å². The van der Waals surface area contributed by atoms with Crippen LogP contribution in [0.25, 0.3) is 33.5 Å². The predicted octanol–water partition coefficient (Wildman–Crippen LogP) is 6.49. The van der Waals surface area contributed by atoms with Crippen LogP contribution < -0.4 is 0 Å². The zero-order chi connectivity index (χ0) is 18.8. The van der Waals surface area contributed by atoms with E-state index in [2.05, 4.69) is 106 Å². The molecule has 0 spiro atoms. The molecule has 0 aliphatic carbocycles. The molecule has 134 valence electrons. The van der Waals surface area contributed by atoms with E-state index in [0.29, 0.717) is 0 Å². The van der Waals surface area contributed by atoms with E-state index in [4.69, 9.17) is 4.98 Å². The number of hydrogen-bond donors (Lipinski definition) is 0. The fourth-order valence-corrected chi connectivity index (χ4v) is 4.12. The SMILES string of the molecule is CC(C)(C)c1ccc2c(c1)n(-c1cccc(Br)c1)c1nc3ccccc3n21. The highest BCUT2D eigenvalue weighted by atomic mass is 79.9. The Bertz CT molecular complexity index is 1320. The van der Waals surface area contributed by atoms with Crippen LogP contribution in [0.1, 0.15) is 26.3 Å². The van der Waals surface area contributed by atoms with Gasteiger partial charge in [0.25, 0.3) is 0 Å². The van der Waals surface area contributed by atoms with Gasteiger partial charge in [0, 0.05) is 4.47 Å². The van der Waals surface area contributed by atoms with Gasteiger partial charge in [-0.1, -0.05) is 61.0 Å². The zero-order valence-corrected chi connectivity index (χ0v) is 17.2. The summed E-state index contributed by atoms with van der Waals surface area (Å²) < 4.78 is 5.58. The minimum Gasteiger partial charge on any atom is -0.278 e. The van der Waals surface area contributed by atoms with Crippen LogP contribution in [0, 0.1) is 0 Å². The topological polar surface area (TPSA) is 22.2 Å². The molecule has 0 aliphatic heterocycles. The van der Waals surface area contributed by atoms with Gasteiger partial charge in [-0.2, -0.15) is 0 Å². The lowest BCUT2D eigenvalue weighted by atomic mass is 9.87. The average Bonchev–Trinajstić information content (AvgIpc) is 3.14. The molecule has 4 heteroatoms. The highest BCUT2D eigenvalue weighted by molar-refractivity contribution is 9.10. The molecular weight excluding hydrogens is 398 g/mol. The number of nitrogens with zero attached hydrogens (tertiary/aromatic N) is 3. The van der Waals surface area contributed by atoms with Gasteiger partial charge in [0.05, 0.1) is 27.8 Å². The van der Waals surface area contributed by atoms with Gasteiger partial charge >= 0.3 is 0 Å². The highest BCUT2D eigenvalue weighted by Crippen LogP contribution is 2.33. The maximum atomic E-state index is 4.96. The highest BCUT2D eigenvalue weighted by Gasteiger charge is 2.20. The molecule has 0 saturated carbocycles. The molecule has 3 nitrogen and oxygen atoms in total. The van der Waals surface area contributed by atoms with Crippen molar-refractivity contribution in [3.05, 3.63) is 76.8 Å². The van der Waals surface area contributed by atoms with Gasteiger partial charge in [-0.25, -0.2) is 4.98 Å². The van der Waals surface area contributed by atoms with Gasteiger partial charge < -0.3 is 0 Å². The monoisotopic (exact) mass is 417 g/mol. The quantitative estimate of drug-likeness (QED) is 0.305. The number of fused-ring (bicyclic) bond motifs is 5. The maximum absolute atomic E-state index is 4.96. The van der Waals surface area contributed by atoms with Crippen molar-refractivity contribution in [3.8, 4) is 5.69 Å². The second kappa shape index (κ2) is 5.70. The third-order valence-corrected chi connectivity index (χ3v) is 5.63. The summed E-state index contributed by atoms with van der Waals surface area (Å²) in [4.78, 5) is 4.96. The third kappa shape index (κ3) is 2.51. The summed E-state index contributed by atoms with van der Waals surface area (Å²) in [5.41, 5.74) is 7.00. The van der Waals surface area contributed by atoms with Gasteiger partial charge in [-0.3, -0.25) is 8.97 Å². The first-order chi connectivity index (χ1) is 12.9. The van der Waals surface area contributed by atoms with E-state index in [0.717, 1.165) is 27.0 Å². The minimum atomic E-state index is 0.0880. The third-order valence-electron chi connectivity index (χ3n) is 5.13. The predicted molar refractivity (Wildman–Crippen MR) is 116 cm³/mol. The van der Waals surface area contributed by atoms with E-state index in [-0.39, 0.29) is 5.41 Å². The summed E-state index contributed by atoms with van der Waals surface area (Å²) in [6.45, 7) is 6.75. The largest absolute Gasteiger partial charge is 0.278 e. The molecule has 0 atom stereocenters. The van der Waals surface area contributed by atoms with E-state index in [1.165, 1.54) is 16.6 Å². The summed E-state index contributed by atoms with van der Waals surface area (Å²) in [5, 5.41) is 0. The van der Waals surface area contributed by atoms with Crippen molar-refractivity contribution >= 4 is 43.8 Å². The molecular formula is C23H20BrN3. The van der Waals surface area contributed by atoms with Crippen molar-refractivity contribution in [1.29, 1.82) is 0 Å². The first-order valence-electron chi connectivity index (χ1n) is 9.11. The second-order valence-electron chi connectivity index (χ2n) is 8.00. The lowest BCUT2D eigenvalue weighted by Crippen LogP contribution is -2.11. The van der Waals surface area contributed by atoms with Crippen LogP contribution in [-0.2, 0) is 5.41 Å². The number of halogens is 1. The van der Waals surface area contributed by atoms with Crippen molar-refractivity contribution in [2.45, 2.75) is 26.2 Å². The number of hydrogen-bond acceptors (Lipinski definition) is 1. The molecule has 0 fully saturated rings. The number of aromatic nitrogens is 3. The summed E-state index contributed by atoms with van der Waals surface area (Å²) in [6, 6.07) is 23.5. The molecule has 2 aromatic heterocycles. The van der Waals surface area contributed by atoms with E-state index in [1.54, 1.807) is 0 Å². The lowest BCUT2D eigenvalue weighted by molar-refractivity contribution is 0.591. The minimum absolute atomic E-state index is 0.0880. The molecule has 2 heterocycles. The Morgan fingerprint density at radius 1 is 0.815 bits per heavy atom. The van der Waals surface area contributed by atoms with Crippen LogP contribution in [0.3, 0.4) is 0 Å². The fourth-order valence-electron chi connectivity index (χ4n) is 3.74. The van der Waals surface area contributed by atoms with Crippen molar-refractivity contribution in [2.75, 3.05) is 0 Å². The fraction of sp³-hybridized carbons (Fsp3) is 0.174. The number of rotatable bonds is 1. The van der Waals surface area contributed by atoms with Crippen molar-refractivity contribution in [1.82, 2.24) is 14.0 Å². The van der Waals surface area contributed by atoms with E-state index >= 15 is 0 Å². The molecule has 0 unspecified atom stereocenters. The van der Waals surface area contributed by atoms with Crippen molar-refractivity contribution < 1.29 is 0 Å². The number of benzene rings is 3. The van der Waals surface area contributed by atoms with Crippen LogP contribution in [-0.4, -0.2) is 14.0 Å². The maximum Gasteiger partial charge on any atom is 0.220 e. The number of para-hydroxylation sites is 2. The Kier molecular flexibility index (Phi) is 3.50. The summed E-state index contributed by atoms with van der Waals surface area (Å²) in [7, 11) is 0. The van der Waals surface area contributed by atoms with Crippen LogP contribution in [0.15, 0.2) is 71.2 Å². The summed E-state index contributed by atoms with van der Waals surface area (Å²) in [6.07, 6.45) is 0.